The van der Waals surface area contributed by atoms with Gasteiger partial charge in [-0.25, -0.2) is 0 Å². The van der Waals surface area contributed by atoms with E-state index < -0.39 is 0 Å². The predicted octanol–water partition coefficient (Wildman–Crippen LogP) is 4.26. The molecule has 1 nitrogen and oxygen atoms in total. The average Bonchev–Trinajstić information content (AvgIpc) is 3.18. The fourth-order valence-corrected chi connectivity index (χ4v) is 4.56. The lowest BCUT2D eigenvalue weighted by molar-refractivity contribution is 0.292. The Morgan fingerprint density at radius 1 is 0.950 bits per heavy atom. The van der Waals surface area contributed by atoms with Gasteiger partial charge in [0.25, 0.3) is 0 Å². The molecule has 1 aliphatic carbocycles. The van der Waals surface area contributed by atoms with Gasteiger partial charge in [0.2, 0.25) is 0 Å². The van der Waals surface area contributed by atoms with Gasteiger partial charge in [-0.2, -0.15) is 0 Å². The first-order valence-corrected chi connectivity index (χ1v) is 8.08. The number of hydrogen-bond donors (Lipinski definition) is 1. The molecule has 1 N–H and O–H groups in total. The van der Waals surface area contributed by atoms with Gasteiger partial charge < -0.3 is 5.32 Å². The Balaban J connectivity index is 1.81. The van der Waals surface area contributed by atoms with E-state index in [1.807, 2.05) is 0 Å². The SMILES string of the molecule is c1ccc2cc(C3(C4CCNC4)CCCC3)ccc2c1. The Morgan fingerprint density at radius 2 is 1.75 bits per heavy atom. The average molecular weight is 265 g/mol. The predicted molar refractivity (Wildman–Crippen MR) is 85.1 cm³/mol. The van der Waals surface area contributed by atoms with E-state index in [-0.39, 0.29) is 0 Å². The van der Waals surface area contributed by atoms with Crippen molar-refractivity contribution in [2.75, 3.05) is 13.1 Å². The summed E-state index contributed by atoms with van der Waals surface area (Å²) in [5.74, 6) is 0.839. The molecular formula is C19H23N. The molecule has 1 atom stereocenters. The summed E-state index contributed by atoms with van der Waals surface area (Å²) in [7, 11) is 0. The van der Waals surface area contributed by atoms with Gasteiger partial charge >= 0.3 is 0 Å². The molecule has 1 aliphatic heterocycles. The molecule has 2 aromatic carbocycles. The van der Waals surface area contributed by atoms with Crippen molar-refractivity contribution in [3.63, 3.8) is 0 Å². The molecule has 0 bridgehead atoms. The lowest BCUT2D eigenvalue weighted by Crippen LogP contribution is -2.33. The highest BCUT2D eigenvalue weighted by molar-refractivity contribution is 5.83. The lowest BCUT2D eigenvalue weighted by Gasteiger charge is -2.36. The second kappa shape index (κ2) is 4.89. The molecule has 2 fully saturated rings. The standard InChI is InChI=1S/C19H23N/c1-2-6-16-13-17(8-7-15(16)5-1)19(10-3-4-11-19)18-9-12-20-14-18/h1-2,5-8,13,18,20H,3-4,9-12,14H2. The number of hydrogen-bond acceptors (Lipinski definition) is 1. The van der Waals surface area contributed by atoms with Crippen LogP contribution >= 0.6 is 0 Å². The van der Waals surface area contributed by atoms with Crippen molar-refractivity contribution in [3.8, 4) is 0 Å². The minimum Gasteiger partial charge on any atom is -0.316 e. The van der Waals surface area contributed by atoms with E-state index >= 15 is 0 Å². The van der Waals surface area contributed by atoms with E-state index in [1.54, 1.807) is 5.56 Å². The van der Waals surface area contributed by atoms with Crippen molar-refractivity contribution in [2.24, 2.45) is 5.92 Å². The van der Waals surface area contributed by atoms with E-state index in [9.17, 15) is 0 Å². The summed E-state index contributed by atoms with van der Waals surface area (Å²) >= 11 is 0. The zero-order valence-corrected chi connectivity index (χ0v) is 12.1. The van der Waals surface area contributed by atoms with Crippen molar-refractivity contribution >= 4 is 10.8 Å². The number of nitrogens with one attached hydrogen (secondary N) is 1. The van der Waals surface area contributed by atoms with Gasteiger partial charge in [0.1, 0.15) is 0 Å². The Hall–Kier alpha value is -1.34. The van der Waals surface area contributed by atoms with E-state index in [4.69, 9.17) is 0 Å². The van der Waals surface area contributed by atoms with Crippen LogP contribution in [0.15, 0.2) is 42.5 Å². The fourth-order valence-electron chi connectivity index (χ4n) is 4.56. The van der Waals surface area contributed by atoms with Gasteiger partial charge in [-0.3, -0.25) is 0 Å². The number of fused-ring (bicyclic) bond motifs is 1. The summed E-state index contributed by atoms with van der Waals surface area (Å²) < 4.78 is 0. The van der Waals surface area contributed by atoms with E-state index in [0.717, 1.165) is 5.92 Å². The van der Waals surface area contributed by atoms with Crippen molar-refractivity contribution in [3.05, 3.63) is 48.0 Å². The third kappa shape index (κ3) is 1.88. The molecule has 1 heteroatoms. The Labute approximate surface area is 121 Å². The summed E-state index contributed by atoms with van der Waals surface area (Å²) in [5, 5.41) is 6.36. The Kier molecular flexibility index (Phi) is 3.03. The van der Waals surface area contributed by atoms with E-state index in [1.165, 1.54) is 56.0 Å². The van der Waals surface area contributed by atoms with Crippen molar-refractivity contribution < 1.29 is 0 Å². The zero-order valence-electron chi connectivity index (χ0n) is 12.1. The molecule has 1 unspecified atom stereocenters. The molecule has 1 heterocycles. The topological polar surface area (TPSA) is 12.0 Å². The molecule has 2 aliphatic rings. The molecule has 20 heavy (non-hydrogen) atoms. The van der Waals surface area contributed by atoms with Crippen LogP contribution in [-0.4, -0.2) is 13.1 Å². The van der Waals surface area contributed by atoms with Crippen molar-refractivity contribution in [2.45, 2.75) is 37.5 Å². The maximum atomic E-state index is 3.58. The van der Waals surface area contributed by atoms with Gasteiger partial charge in [0, 0.05) is 0 Å². The number of benzene rings is 2. The first kappa shape index (κ1) is 12.4. The minimum atomic E-state index is 0.452. The molecule has 0 amide bonds. The van der Waals surface area contributed by atoms with Crippen LogP contribution in [0.2, 0.25) is 0 Å². The Bertz CT molecular complexity index is 604. The van der Waals surface area contributed by atoms with Gasteiger partial charge in [-0.15, -0.1) is 0 Å². The van der Waals surface area contributed by atoms with Crippen LogP contribution in [0.3, 0.4) is 0 Å². The maximum absolute atomic E-state index is 3.58. The van der Waals surface area contributed by atoms with Crippen LogP contribution < -0.4 is 5.32 Å². The molecule has 2 aromatic rings. The largest absolute Gasteiger partial charge is 0.316 e. The van der Waals surface area contributed by atoms with Crippen LogP contribution in [0.5, 0.6) is 0 Å². The highest BCUT2D eigenvalue weighted by atomic mass is 14.9. The Morgan fingerprint density at radius 3 is 2.50 bits per heavy atom. The second-order valence-corrected chi connectivity index (χ2v) is 6.61. The summed E-state index contributed by atoms with van der Waals surface area (Å²) in [5.41, 5.74) is 2.05. The van der Waals surface area contributed by atoms with Gasteiger partial charge in [0.05, 0.1) is 0 Å². The zero-order chi connectivity index (χ0) is 13.4. The van der Waals surface area contributed by atoms with Crippen LogP contribution in [0, 0.1) is 5.92 Å². The molecule has 0 aromatic heterocycles. The molecule has 0 spiro atoms. The van der Waals surface area contributed by atoms with Crippen molar-refractivity contribution in [1.29, 1.82) is 0 Å². The third-order valence-corrected chi connectivity index (χ3v) is 5.66. The normalized spacial score (nSPS) is 25.3. The highest BCUT2D eigenvalue weighted by Crippen LogP contribution is 2.49. The molecule has 1 saturated carbocycles. The van der Waals surface area contributed by atoms with Crippen molar-refractivity contribution in [1.82, 2.24) is 5.32 Å². The molecule has 104 valence electrons. The van der Waals surface area contributed by atoms with Gasteiger partial charge in [-0.1, -0.05) is 55.3 Å². The van der Waals surface area contributed by atoms with E-state index in [0.29, 0.717) is 5.41 Å². The molecule has 1 saturated heterocycles. The molecule has 4 rings (SSSR count). The summed E-state index contributed by atoms with van der Waals surface area (Å²) in [4.78, 5) is 0. The first-order valence-electron chi connectivity index (χ1n) is 8.08. The summed E-state index contributed by atoms with van der Waals surface area (Å²) in [6.07, 6.45) is 6.94. The van der Waals surface area contributed by atoms with Crippen LogP contribution in [-0.2, 0) is 5.41 Å². The summed E-state index contributed by atoms with van der Waals surface area (Å²) in [6, 6.07) is 16.0. The first-order chi connectivity index (χ1) is 9.88. The van der Waals surface area contributed by atoms with Gasteiger partial charge in [0.15, 0.2) is 0 Å². The quantitative estimate of drug-likeness (QED) is 0.855. The van der Waals surface area contributed by atoms with E-state index in [2.05, 4.69) is 47.8 Å². The fraction of sp³-hybridized carbons (Fsp3) is 0.474. The smallest absolute Gasteiger partial charge is 0.000597 e. The maximum Gasteiger partial charge on any atom is -0.000597 e. The third-order valence-electron chi connectivity index (χ3n) is 5.66. The monoisotopic (exact) mass is 265 g/mol. The second-order valence-electron chi connectivity index (χ2n) is 6.61. The number of rotatable bonds is 2. The lowest BCUT2D eigenvalue weighted by atomic mass is 9.68. The summed E-state index contributed by atoms with van der Waals surface area (Å²) in [6.45, 7) is 2.42. The van der Waals surface area contributed by atoms with Gasteiger partial charge in [-0.05, 0) is 60.0 Å². The van der Waals surface area contributed by atoms with Crippen LogP contribution in [0.25, 0.3) is 10.8 Å². The van der Waals surface area contributed by atoms with Crippen LogP contribution in [0.1, 0.15) is 37.7 Å². The molecular weight excluding hydrogens is 242 g/mol. The highest BCUT2D eigenvalue weighted by Gasteiger charge is 2.43. The van der Waals surface area contributed by atoms with Crippen LogP contribution in [0.4, 0.5) is 0 Å². The minimum absolute atomic E-state index is 0.452. The molecule has 0 radical (unpaired) electrons.